The van der Waals surface area contributed by atoms with Crippen LogP contribution in [0.15, 0.2) is 30.3 Å². The van der Waals surface area contributed by atoms with Crippen molar-refractivity contribution in [2.45, 2.75) is 45.3 Å². The van der Waals surface area contributed by atoms with E-state index < -0.39 is 17.8 Å². The number of aliphatic hydroxyl groups excluding tert-OH is 1. The number of likely N-dealkylation sites (tertiary alicyclic amines) is 1. The Morgan fingerprint density at radius 1 is 1.35 bits per heavy atom. The molecule has 0 spiro atoms. The van der Waals surface area contributed by atoms with E-state index in [2.05, 4.69) is 0 Å². The number of nitrogens with zero attached hydrogens (tertiary/aromatic N) is 1. The Bertz CT molecular complexity index is 550. The average Bonchev–Trinajstić information content (AvgIpc) is 2.48. The number of ether oxygens (including phenoxy) is 1. The van der Waals surface area contributed by atoms with E-state index in [1.807, 2.05) is 51.1 Å². The van der Waals surface area contributed by atoms with Gasteiger partial charge >= 0.3 is 6.09 Å². The lowest BCUT2D eigenvalue weighted by Gasteiger charge is -2.34. The molecule has 2 atom stereocenters. The number of benzene rings is 1. The zero-order chi connectivity index (χ0) is 17.0. The summed E-state index contributed by atoms with van der Waals surface area (Å²) in [5, 5.41) is 10.3. The van der Waals surface area contributed by atoms with Gasteiger partial charge < -0.3 is 14.7 Å². The number of hydrogen-bond acceptors (Lipinski definition) is 4. The molecule has 1 saturated heterocycles. The van der Waals surface area contributed by atoms with E-state index in [-0.39, 0.29) is 11.7 Å². The molecule has 0 aromatic heterocycles. The fraction of sp³-hybridized carbons (Fsp3) is 0.556. The highest BCUT2D eigenvalue weighted by atomic mass is 16.6. The SMILES string of the molecule is CC(C)(C)OC(=O)N1CCC(=O)C(CC(O)c2ccccc2)C1. The van der Waals surface area contributed by atoms with Crippen LogP contribution in [0.5, 0.6) is 0 Å². The lowest BCUT2D eigenvalue weighted by molar-refractivity contribution is -0.127. The minimum atomic E-state index is -0.705. The first-order chi connectivity index (χ1) is 10.8. The highest BCUT2D eigenvalue weighted by Crippen LogP contribution is 2.26. The Morgan fingerprint density at radius 3 is 2.61 bits per heavy atom. The van der Waals surface area contributed by atoms with Crippen LogP contribution in [0.1, 0.15) is 45.3 Å². The molecule has 23 heavy (non-hydrogen) atoms. The van der Waals surface area contributed by atoms with Crippen molar-refractivity contribution in [3.63, 3.8) is 0 Å². The van der Waals surface area contributed by atoms with Crippen molar-refractivity contribution in [3.8, 4) is 0 Å². The van der Waals surface area contributed by atoms with Gasteiger partial charge in [-0.2, -0.15) is 0 Å². The maximum atomic E-state index is 12.2. The van der Waals surface area contributed by atoms with Gasteiger partial charge in [-0.25, -0.2) is 4.79 Å². The van der Waals surface area contributed by atoms with Gasteiger partial charge in [0, 0.05) is 25.4 Å². The molecular formula is C18H25NO4. The summed E-state index contributed by atoms with van der Waals surface area (Å²) in [6, 6.07) is 9.27. The molecular weight excluding hydrogens is 294 g/mol. The van der Waals surface area contributed by atoms with Crippen molar-refractivity contribution in [1.29, 1.82) is 0 Å². The van der Waals surface area contributed by atoms with Crippen LogP contribution in [-0.2, 0) is 9.53 Å². The first-order valence-corrected chi connectivity index (χ1v) is 8.00. The van der Waals surface area contributed by atoms with Gasteiger partial charge in [-0.05, 0) is 32.8 Å². The van der Waals surface area contributed by atoms with Gasteiger partial charge in [-0.1, -0.05) is 30.3 Å². The normalized spacial score (nSPS) is 20.3. The smallest absolute Gasteiger partial charge is 0.410 e. The maximum Gasteiger partial charge on any atom is 0.410 e. The van der Waals surface area contributed by atoms with Crippen molar-refractivity contribution in [1.82, 2.24) is 4.90 Å². The Hall–Kier alpha value is -1.88. The van der Waals surface area contributed by atoms with E-state index in [1.165, 1.54) is 0 Å². The molecule has 1 heterocycles. The van der Waals surface area contributed by atoms with E-state index in [0.717, 1.165) is 5.56 Å². The van der Waals surface area contributed by atoms with Crippen LogP contribution in [-0.4, -0.2) is 40.6 Å². The number of ketones is 1. The molecule has 0 radical (unpaired) electrons. The van der Waals surface area contributed by atoms with Crippen molar-refractivity contribution < 1.29 is 19.4 Å². The molecule has 0 aliphatic carbocycles. The molecule has 1 aliphatic heterocycles. The minimum absolute atomic E-state index is 0.0970. The molecule has 0 saturated carbocycles. The number of aliphatic hydroxyl groups is 1. The van der Waals surface area contributed by atoms with E-state index in [4.69, 9.17) is 4.74 Å². The van der Waals surface area contributed by atoms with Crippen LogP contribution in [0, 0.1) is 5.92 Å². The molecule has 1 aromatic rings. The average molecular weight is 319 g/mol. The number of hydrogen-bond donors (Lipinski definition) is 1. The third kappa shape index (κ3) is 5.06. The summed E-state index contributed by atoms with van der Waals surface area (Å²) < 4.78 is 5.36. The fourth-order valence-corrected chi connectivity index (χ4v) is 2.69. The number of carbonyl (C=O) groups excluding carboxylic acids is 2. The molecule has 5 heteroatoms. The molecule has 126 valence electrons. The Labute approximate surface area is 137 Å². The molecule has 1 N–H and O–H groups in total. The molecule has 0 bridgehead atoms. The Balaban J connectivity index is 1.98. The van der Waals surface area contributed by atoms with E-state index in [9.17, 15) is 14.7 Å². The number of rotatable bonds is 3. The molecule has 1 fully saturated rings. The largest absolute Gasteiger partial charge is 0.444 e. The van der Waals surface area contributed by atoms with Crippen LogP contribution < -0.4 is 0 Å². The molecule has 2 unspecified atom stereocenters. The van der Waals surface area contributed by atoms with Crippen LogP contribution in [0.25, 0.3) is 0 Å². The monoisotopic (exact) mass is 319 g/mol. The molecule has 1 amide bonds. The standard InChI is InChI=1S/C18H25NO4/c1-18(2,3)23-17(22)19-10-9-15(20)14(12-19)11-16(21)13-7-5-4-6-8-13/h4-8,14,16,21H,9-12H2,1-3H3. The third-order valence-electron chi connectivity index (χ3n) is 3.87. The summed E-state index contributed by atoms with van der Waals surface area (Å²) >= 11 is 0. The summed E-state index contributed by atoms with van der Waals surface area (Å²) in [5.74, 6) is -0.258. The van der Waals surface area contributed by atoms with E-state index >= 15 is 0 Å². The second-order valence-corrected chi connectivity index (χ2v) is 7.00. The van der Waals surface area contributed by atoms with Gasteiger partial charge in [0.1, 0.15) is 11.4 Å². The first-order valence-electron chi connectivity index (χ1n) is 8.00. The summed E-state index contributed by atoms with van der Waals surface area (Å²) in [5.41, 5.74) is 0.229. The first kappa shape index (κ1) is 17.5. The molecule has 1 aromatic carbocycles. The highest BCUT2D eigenvalue weighted by molar-refractivity contribution is 5.84. The molecule has 1 aliphatic rings. The zero-order valence-electron chi connectivity index (χ0n) is 14.0. The number of amides is 1. The van der Waals surface area contributed by atoms with E-state index in [0.29, 0.717) is 25.9 Å². The van der Waals surface area contributed by atoms with Gasteiger partial charge in [0.15, 0.2) is 0 Å². The molecule has 2 rings (SSSR count). The summed E-state index contributed by atoms with van der Waals surface area (Å²) in [6.45, 7) is 6.13. The second kappa shape index (κ2) is 7.13. The Kier molecular flexibility index (Phi) is 5.42. The van der Waals surface area contributed by atoms with Gasteiger partial charge in [-0.15, -0.1) is 0 Å². The van der Waals surface area contributed by atoms with Crippen LogP contribution >= 0.6 is 0 Å². The summed E-state index contributed by atoms with van der Waals surface area (Å²) in [4.78, 5) is 25.8. The molecule has 5 nitrogen and oxygen atoms in total. The fourth-order valence-electron chi connectivity index (χ4n) is 2.69. The topological polar surface area (TPSA) is 66.8 Å². The second-order valence-electron chi connectivity index (χ2n) is 7.00. The van der Waals surface area contributed by atoms with Gasteiger partial charge in [0.05, 0.1) is 6.10 Å². The zero-order valence-corrected chi connectivity index (χ0v) is 14.0. The van der Waals surface area contributed by atoms with Crippen LogP contribution in [0.4, 0.5) is 4.79 Å². The van der Waals surface area contributed by atoms with Crippen molar-refractivity contribution in [2.24, 2.45) is 5.92 Å². The maximum absolute atomic E-state index is 12.2. The Morgan fingerprint density at radius 2 is 2.00 bits per heavy atom. The predicted molar refractivity (Wildman–Crippen MR) is 86.9 cm³/mol. The highest BCUT2D eigenvalue weighted by Gasteiger charge is 2.33. The van der Waals surface area contributed by atoms with Gasteiger partial charge in [-0.3, -0.25) is 4.79 Å². The summed E-state index contributed by atoms with van der Waals surface area (Å²) in [7, 11) is 0. The minimum Gasteiger partial charge on any atom is -0.444 e. The van der Waals surface area contributed by atoms with Crippen molar-refractivity contribution in [3.05, 3.63) is 35.9 Å². The number of piperidine rings is 1. The van der Waals surface area contributed by atoms with Crippen molar-refractivity contribution >= 4 is 11.9 Å². The van der Waals surface area contributed by atoms with Crippen LogP contribution in [0.3, 0.4) is 0 Å². The lowest BCUT2D eigenvalue weighted by Crippen LogP contribution is -2.46. The van der Waals surface area contributed by atoms with Gasteiger partial charge in [0.2, 0.25) is 0 Å². The quantitative estimate of drug-likeness (QED) is 0.930. The third-order valence-corrected chi connectivity index (χ3v) is 3.87. The predicted octanol–water partition coefficient (Wildman–Crippen LogP) is 2.94. The van der Waals surface area contributed by atoms with E-state index in [1.54, 1.807) is 4.90 Å². The summed E-state index contributed by atoms with van der Waals surface area (Å²) in [6.07, 6.45) is -0.471. The van der Waals surface area contributed by atoms with Crippen LogP contribution in [0.2, 0.25) is 0 Å². The number of carbonyl (C=O) groups is 2. The lowest BCUT2D eigenvalue weighted by atomic mass is 9.89. The van der Waals surface area contributed by atoms with Gasteiger partial charge in [0.25, 0.3) is 0 Å². The van der Waals surface area contributed by atoms with Crippen molar-refractivity contribution in [2.75, 3.05) is 13.1 Å². The number of Topliss-reactive ketones (excluding diaryl/α,β-unsaturated/α-hetero) is 1.